The molecule has 1 N–H and O–H groups in total. The highest BCUT2D eigenvalue weighted by Gasteiger charge is 2.36. The van der Waals surface area contributed by atoms with Crippen LogP contribution in [0, 0.1) is 0 Å². The van der Waals surface area contributed by atoms with Crippen LogP contribution in [0.15, 0.2) is 54.0 Å². The van der Waals surface area contributed by atoms with Crippen molar-refractivity contribution in [3.05, 3.63) is 60.3 Å². The largest absolute Gasteiger partial charge is 0.472 e. The van der Waals surface area contributed by atoms with E-state index in [4.69, 9.17) is 9.84 Å². The van der Waals surface area contributed by atoms with E-state index in [0.29, 0.717) is 24.6 Å². The van der Waals surface area contributed by atoms with E-state index < -0.39 is 0 Å². The second kappa shape index (κ2) is 5.85. The molecule has 5 heterocycles. The van der Waals surface area contributed by atoms with Crippen molar-refractivity contribution >= 4 is 18.0 Å². The molecule has 2 aromatic rings. The number of hydrogen-bond acceptors (Lipinski definition) is 5. The smallest absolute Gasteiger partial charge is 0.222 e. The first-order valence-corrected chi connectivity index (χ1v) is 8.91. The van der Waals surface area contributed by atoms with Crippen LogP contribution in [0.5, 0.6) is 0 Å². The summed E-state index contributed by atoms with van der Waals surface area (Å²) in [5.74, 6) is 0.491. The summed E-state index contributed by atoms with van der Waals surface area (Å²) in [7, 11) is 0. The summed E-state index contributed by atoms with van der Waals surface area (Å²) in [5.41, 5.74) is 4.98. The van der Waals surface area contributed by atoms with Gasteiger partial charge in [0.15, 0.2) is 0 Å². The number of hydrogen-bond donors (Lipinski definition) is 1. The molecule has 132 valence electrons. The van der Waals surface area contributed by atoms with E-state index in [-0.39, 0.29) is 0 Å². The van der Waals surface area contributed by atoms with Crippen LogP contribution in [0.2, 0.25) is 0 Å². The predicted molar refractivity (Wildman–Crippen MR) is 103 cm³/mol. The van der Waals surface area contributed by atoms with Crippen molar-refractivity contribution in [2.24, 2.45) is 4.99 Å². The number of piperazine rings is 1. The summed E-state index contributed by atoms with van der Waals surface area (Å²) in [5, 5.41) is 8.30. The highest BCUT2D eigenvalue weighted by atomic mass is 16.5. The molecule has 1 aromatic carbocycles. The molecule has 6 nitrogen and oxygen atoms in total. The number of fused-ring (bicyclic) bond motifs is 3. The SMILES string of the molecule is C=CC1=C(N=C)OCc2cn(-c3ccc(N4CC5CC(C4)N5)cc3)nc21. The van der Waals surface area contributed by atoms with Crippen molar-refractivity contribution in [1.82, 2.24) is 15.1 Å². The maximum Gasteiger partial charge on any atom is 0.222 e. The molecule has 0 radical (unpaired) electrons. The quantitative estimate of drug-likeness (QED) is 0.864. The standard InChI is InChI=1S/C20H21N5O/c1-3-18-19-13(12-26-20(18)21-2)9-25(23-19)17-6-4-16(5-7-17)24-10-14-8-15(11-24)22-14/h3-7,9,14-15,22H,1-2,8,10-12H2. The van der Waals surface area contributed by atoms with Gasteiger partial charge < -0.3 is 15.0 Å². The Balaban J connectivity index is 1.43. The van der Waals surface area contributed by atoms with Crippen LogP contribution in [-0.2, 0) is 11.3 Å². The molecule has 4 aliphatic rings. The lowest BCUT2D eigenvalue weighted by molar-refractivity contribution is 0.194. The molecule has 6 heteroatoms. The van der Waals surface area contributed by atoms with E-state index in [0.717, 1.165) is 35.6 Å². The highest BCUT2D eigenvalue weighted by molar-refractivity contribution is 5.76. The highest BCUT2D eigenvalue weighted by Crippen LogP contribution is 2.31. The molecule has 6 rings (SSSR count). The van der Waals surface area contributed by atoms with E-state index in [2.05, 4.69) is 52.8 Å². The zero-order chi connectivity index (χ0) is 17.7. The van der Waals surface area contributed by atoms with Crippen LogP contribution >= 0.6 is 0 Å². The molecule has 0 spiro atoms. The zero-order valence-electron chi connectivity index (χ0n) is 14.6. The minimum absolute atomic E-state index is 0.447. The van der Waals surface area contributed by atoms with Crippen LogP contribution in [0.25, 0.3) is 11.3 Å². The molecule has 4 aliphatic heterocycles. The number of nitrogens with one attached hydrogen (secondary N) is 1. The lowest BCUT2D eigenvalue weighted by atomic mass is 9.91. The van der Waals surface area contributed by atoms with Gasteiger partial charge in [0.05, 0.1) is 11.3 Å². The van der Waals surface area contributed by atoms with Crippen molar-refractivity contribution < 1.29 is 4.74 Å². The number of aliphatic imine (C=N–C) groups is 1. The van der Waals surface area contributed by atoms with Crippen molar-refractivity contribution in [1.29, 1.82) is 0 Å². The van der Waals surface area contributed by atoms with Crippen LogP contribution in [0.1, 0.15) is 17.7 Å². The Hall–Kier alpha value is -2.86. The second-order valence-electron chi connectivity index (χ2n) is 7.03. The normalized spacial score (nSPS) is 23.8. The Morgan fingerprint density at radius 2 is 1.88 bits per heavy atom. The zero-order valence-corrected chi connectivity index (χ0v) is 14.6. The van der Waals surface area contributed by atoms with Gasteiger partial charge in [0.25, 0.3) is 0 Å². The van der Waals surface area contributed by atoms with E-state index in [1.165, 1.54) is 12.1 Å². The number of aromatic nitrogens is 2. The van der Waals surface area contributed by atoms with Gasteiger partial charge in [-0.2, -0.15) is 5.10 Å². The van der Waals surface area contributed by atoms with Gasteiger partial charge in [-0.05, 0) is 37.4 Å². The van der Waals surface area contributed by atoms with Gasteiger partial charge in [0.2, 0.25) is 5.88 Å². The average Bonchev–Trinajstić information content (AvgIpc) is 3.11. The monoisotopic (exact) mass is 347 g/mol. The van der Waals surface area contributed by atoms with Gasteiger partial charge in [-0.3, -0.25) is 0 Å². The third-order valence-electron chi connectivity index (χ3n) is 5.39. The van der Waals surface area contributed by atoms with E-state index in [1.54, 1.807) is 6.08 Å². The van der Waals surface area contributed by atoms with E-state index in [1.807, 2.05) is 10.9 Å². The van der Waals surface area contributed by atoms with Gasteiger partial charge in [-0.15, -0.1) is 0 Å². The molecule has 2 unspecified atom stereocenters. The summed E-state index contributed by atoms with van der Waals surface area (Å²) >= 11 is 0. The Labute approximate surface area is 152 Å². The first-order chi connectivity index (χ1) is 12.7. The molecular weight excluding hydrogens is 326 g/mol. The van der Waals surface area contributed by atoms with Crippen molar-refractivity contribution in [2.75, 3.05) is 18.0 Å². The summed E-state index contributed by atoms with van der Waals surface area (Å²) in [4.78, 5) is 6.39. The molecule has 2 bridgehead atoms. The van der Waals surface area contributed by atoms with Gasteiger partial charge in [0.1, 0.15) is 12.3 Å². The van der Waals surface area contributed by atoms with Crippen molar-refractivity contribution in [3.8, 4) is 5.69 Å². The van der Waals surface area contributed by atoms with Crippen LogP contribution in [0.4, 0.5) is 5.69 Å². The lowest BCUT2D eigenvalue weighted by Crippen LogP contribution is -2.67. The van der Waals surface area contributed by atoms with Crippen LogP contribution in [-0.4, -0.2) is 41.7 Å². The van der Waals surface area contributed by atoms with Gasteiger partial charge in [-0.25, -0.2) is 9.67 Å². The second-order valence-corrected chi connectivity index (χ2v) is 7.03. The van der Waals surface area contributed by atoms with Gasteiger partial charge >= 0.3 is 0 Å². The molecule has 0 amide bonds. The van der Waals surface area contributed by atoms with Crippen molar-refractivity contribution in [3.63, 3.8) is 0 Å². The van der Waals surface area contributed by atoms with Gasteiger partial charge in [-0.1, -0.05) is 12.7 Å². The summed E-state index contributed by atoms with van der Waals surface area (Å²) in [6.07, 6.45) is 5.04. The van der Waals surface area contributed by atoms with E-state index >= 15 is 0 Å². The fourth-order valence-corrected chi connectivity index (χ4v) is 4.05. The Morgan fingerprint density at radius 3 is 2.54 bits per heavy atom. The minimum Gasteiger partial charge on any atom is -0.472 e. The summed E-state index contributed by atoms with van der Waals surface area (Å²) in [6.45, 7) is 10.0. The van der Waals surface area contributed by atoms with Crippen LogP contribution < -0.4 is 10.2 Å². The molecule has 3 fully saturated rings. The number of nitrogens with zero attached hydrogens (tertiary/aromatic N) is 4. The number of allylic oxidation sites excluding steroid dienone is 2. The van der Waals surface area contributed by atoms with Crippen molar-refractivity contribution in [2.45, 2.75) is 25.1 Å². The number of ether oxygens (including phenoxy) is 1. The van der Waals surface area contributed by atoms with Gasteiger partial charge in [0, 0.05) is 42.6 Å². The lowest BCUT2D eigenvalue weighted by Gasteiger charge is -2.49. The number of benzene rings is 1. The molecule has 0 aliphatic carbocycles. The molecule has 2 atom stereocenters. The Bertz CT molecular complexity index is 895. The first kappa shape index (κ1) is 15.4. The number of rotatable bonds is 4. The first-order valence-electron chi connectivity index (χ1n) is 8.91. The maximum atomic E-state index is 5.63. The maximum absolute atomic E-state index is 5.63. The van der Waals surface area contributed by atoms with E-state index in [9.17, 15) is 0 Å². The summed E-state index contributed by atoms with van der Waals surface area (Å²) < 4.78 is 7.52. The summed E-state index contributed by atoms with van der Waals surface area (Å²) in [6, 6.07) is 9.90. The number of piperidine rings is 1. The molecule has 0 saturated carbocycles. The Morgan fingerprint density at radius 1 is 1.19 bits per heavy atom. The number of anilines is 1. The third-order valence-corrected chi connectivity index (χ3v) is 5.39. The molecule has 3 saturated heterocycles. The molecule has 26 heavy (non-hydrogen) atoms. The molecular formula is C20H21N5O. The third kappa shape index (κ3) is 2.37. The molecule has 1 aromatic heterocycles. The average molecular weight is 347 g/mol. The predicted octanol–water partition coefficient (Wildman–Crippen LogP) is 2.51. The minimum atomic E-state index is 0.447. The fourth-order valence-electron chi connectivity index (χ4n) is 4.05. The fraction of sp³-hybridized carbons (Fsp3) is 0.300. The van der Waals surface area contributed by atoms with Crippen LogP contribution in [0.3, 0.4) is 0 Å². The topological polar surface area (TPSA) is 54.7 Å². The Kier molecular flexibility index (Phi) is 3.46.